The topological polar surface area (TPSA) is 111 Å². The van der Waals surface area contributed by atoms with Gasteiger partial charge in [0.2, 0.25) is 10.0 Å². The average Bonchev–Trinajstić information content (AvgIpc) is 2.36. The Bertz CT molecular complexity index is 647. The van der Waals surface area contributed by atoms with Crippen molar-refractivity contribution in [1.29, 1.82) is 0 Å². The first kappa shape index (κ1) is 15.2. The van der Waals surface area contributed by atoms with Gasteiger partial charge < -0.3 is 15.8 Å². The number of carbonyl (C=O) groups is 1. The third-order valence-electron chi connectivity index (χ3n) is 2.67. The van der Waals surface area contributed by atoms with Gasteiger partial charge in [0.25, 0.3) is 5.91 Å². The predicted molar refractivity (Wildman–Crippen MR) is 77.1 cm³/mol. The molecule has 0 aliphatic carbocycles. The highest BCUT2D eigenvalue weighted by molar-refractivity contribution is 9.10. The van der Waals surface area contributed by atoms with Gasteiger partial charge in [0, 0.05) is 23.1 Å². The van der Waals surface area contributed by atoms with E-state index in [1.807, 2.05) is 0 Å². The molecule has 0 radical (unpaired) electrons. The molecule has 1 aliphatic rings. The van der Waals surface area contributed by atoms with Crippen LogP contribution in [0.3, 0.4) is 0 Å². The van der Waals surface area contributed by atoms with E-state index < -0.39 is 10.0 Å². The fourth-order valence-electron chi connectivity index (χ4n) is 1.66. The standard InChI is InChI=1S/C11H14BrN3O4S/c1-6(4-13)15-20(17,18)10-3-9-8(2-7(10)12)14-11(16)5-19-9/h2-3,6,15H,4-5,13H2,1H3,(H,14,16)/t6-/m0/s1. The van der Waals surface area contributed by atoms with Crippen molar-refractivity contribution in [3.05, 3.63) is 16.6 Å². The summed E-state index contributed by atoms with van der Waals surface area (Å²) in [5, 5.41) is 2.60. The minimum Gasteiger partial charge on any atom is -0.482 e. The van der Waals surface area contributed by atoms with E-state index >= 15 is 0 Å². The molecule has 1 amide bonds. The van der Waals surface area contributed by atoms with Crippen molar-refractivity contribution in [3.63, 3.8) is 0 Å². The molecular formula is C11H14BrN3O4S. The molecule has 1 aromatic rings. The van der Waals surface area contributed by atoms with Gasteiger partial charge in [-0.2, -0.15) is 0 Å². The number of ether oxygens (including phenoxy) is 1. The van der Waals surface area contributed by atoms with E-state index in [1.54, 1.807) is 6.92 Å². The zero-order chi connectivity index (χ0) is 14.9. The quantitative estimate of drug-likeness (QED) is 0.717. The van der Waals surface area contributed by atoms with Crippen LogP contribution in [0.25, 0.3) is 0 Å². The highest BCUT2D eigenvalue weighted by atomic mass is 79.9. The fraction of sp³-hybridized carbons (Fsp3) is 0.364. The zero-order valence-electron chi connectivity index (χ0n) is 10.6. The molecule has 1 heterocycles. The molecule has 2 rings (SSSR count). The molecular weight excluding hydrogens is 350 g/mol. The van der Waals surface area contributed by atoms with Gasteiger partial charge in [-0.15, -0.1) is 0 Å². The van der Waals surface area contributed by atoms with Crippen molar-refractivity contribution in [2.75, 3.05) is 18.5 Å². The number of fused-ring (bicyclic) bond motifs is 1. The molecule has 20 heavy (non-hydrogen) atoms. The number of hydrogen-bond donors (Lipinski definition) is 3. The SMILES string of the molecule is C[C@@H](CN)NS(=O)(=O)c1cc2c(cc1Br)NC(=O)CO2. The summed E-state index contributed by atoms with van der Waals surface area (Å²) in [4.78, 5) is 11.2. The highest BCUT2D eigenvalue weighted by Crippen LogP contribution is 2.35. The lowest BCUT2D eigenvalue weighted by Crippen LogP contribution is -2.38. The molecule has 4 N–H and O–H groups in total. The number of rotatable bonds is 4. The number of benzene rings is 1. The number of hydrogen-bond acceptors (Lipinski definition) is 5. The Morgan fingerprint density at radius 2 is 2.25 bits per heavy atom. The van der Waals surface area contributed by atoms with Crippen molar-refractivity contribution in [3.8, 4) is 5.75 Å². The summed E-state index contributed by atoms with van der Waals surface area (Å²) in [6.07, 6.45) is 0. The summed E-state index contributed by atoms with van der Waals surface area (Å²) in [7, 11) is -3.72. The van der Waals surface area contributed by atoms with Crippen LogP contribution in [0.5, 0.6) is 5.75 Å². The Labute approximate surface area is 125 Å². The first-order valence-electron chi connectivity index (χ1n) is 5.82. The summed E-state index contributed by atoms with van der Waals surface area (Å²) in [5.41, 5.74) is 5.84. The van der Waals surface area contributed by atoms with Gasteiger partial charge in [0.1, 0.15) is 10.6 Å². The lowest BCUT2D eigenvalue weighted by atomic mass is 10.2. The summed E-state index contributed by atoms with van der Waals surface area (Å²) in [5.74, 6) is 0.0310. The molecule has 0 fully saturated rings. The number of halogens is 1. The number of sulfonamides is 1. The maximum Gasteiger partial charge on any atom is 0.262 e. The molecule has 1 aromatic carbocycles. The summed E-state index contributed by atoms with van der Waals surface area (Å²) >= 11 is 3.19. The average molecular weight is 364 g/mol. The Kier molecular flexibility index (Phi) is 4.33. The number of carbonyl (C=O) groups excluding carboxylic acids is 1. The van der Waals surface area contributed by atoms with E-state index in [2.05, 4.69) is 26.0 Å². The second-order valence-electron chi connectivity index (χ2n) is 4.37. The predicted octanol–water partition coefficient (Wildman–Crippen LogP) is 0.405. The van der Waals surface area contributed by atoms with Crippen LogP contribution in [0, 0.1) is 0 Å². The van der Waals surface area contributed by atoms with Crippen LogP contribution < -0.4 is 20.5 Å². The molecule has 7 nitrogen and oxygen atoms in total. The van der Waals surface area contributed by atoms with Gasteiger partial charge in [0.15, 0.2) is 6.61 Å². The van der Waals surface area contributed by atoms with Crippen molar-refractivity contribution in [1.82, 2.24) is 4.72 Å². The molecule has 1 atom stereocenters. The third kappa shape index (κ3) is 3.11. The van der Waals surface area contributed by atoms with E-state index in [0.717, 1.165) is 0 Å². The first-order chi connectivity index (χ1) is 9.33. The zero-order valence-corrected chi connectivity index (χ0v) is 13.0. The smallest absolute Gasteiger partial charge is 0.262 e. The maximum atomic E-state index is 12.2. The number of amides is 1. The second-order valence-corrected chi connectivity index (χ2v) is 6.91. The van der Waals surface area contributed by atoms with Gasteiger partial charge in [-0.1, -0.05) is 0 Å². The van der Waals surface area contributed by atoms with Gasteiger partial charge >= 0.3 is 0 Å². The van der Waals surface area contributed by atoms with E-state index in [0.29, 0.717) is 15.9 Å². The van der Waals surface area contributed by atoms with E-state index in [9.17, 15) is 13.2 Å². The van der Waals surface area contributed by atoms with E-state index in [-0.39, 0.29) is 30.0 Å². The van der Waals surface area contributed by atoms with Crippen molar-refractivity contribution < 1.29 is 17.9 Å². The minimum atomic E-state index is -3.72. The maximum absolute atomic E-state index is 12.2. The second kappa shape index (κ2) is 5.68. The molecule has 0 bridgehead atoms. The van der Waals surface area contributed by atoms with Gasteiger partial charge in [-0.3, -0.25) is 4.79 Å². The molecule has 0 unspecified atom stereocenters. The van der Waals surface area contributed by atoms with Crippen LogP contribution in [0.2, 0.25) is 0 Å². The van der Waals surface area contributed by atoms with Gasteiger partial charge in [-0.25, -0.2) is 13.1 Å². The van der Waals surface area contributed by atoms with Crippen molar-refractivity contribution >= 4 is 37.5 Å². The van der Waals surface area contributed by atoms with E-state index in [1.165, 1.54) is 12.1 Å². The molecule has 9 heteroatoms. The van der Waals surface area contributed by atoms with Crippen LogP contribution in [-0.2, 0) is 14.8 Å². The summed E-state index contributed by atoms with van der Waals surface area (Å²) in [6, 6.07) is 2.47. The Morgan fingerprint density at radius 1 is 1.55 bits per heavy atom. The van der Waals surface area contributed by atoms with Crippen LogP contribution >= 0.6 is 15.9 Å². The first-order valence-corrected chi connectivity index (χ1v) is 8.09. The number of nitrogens with one attached hydrogen (secondary N) is 2. The summed E-state index contributed by atoms with van der Waals surface area (Å²) in [6.45, 7) is 1.72. The van der Waals surface area contributed by atoms with Gasteiger partial charge in [0.05, 0.1) is 5.69 Å². The van der Waals surface area contributed by atoms with Crippen LogP contribution in [0.1, 0.15) is 6.92 Å². The van der Waals surface area contributed by atoms with Gasteiger partial charge in [-0.05, 0) is 28.9 Å². The fourth-order valence-corrected chi connectivity index (χ4v) is 3.98. The largest absolute Gasteiger partial charge is 0.482 e. The Balaban J connectivity index is 2.41. The minimum absolute atomic E-state index is 0.0349. The van der Waals surface area contributed by atoms with Crippen LogP contribution in [-0.4, -0.2) is 33.5 Å². The normalized spacial score (nSPS) is 16.1. The third-order valence-corrected chi connectivity index (χ3v) is 5.21. The monoisotopic (exact) mass is 363 g/mol. The van der Waals surface area contributed by atoms with Crippen molar-refractivity contribution in [2.24, 2.45) is 5.73 Å². The lowest BCUT2D eigenvalue weighted by Gasteiger charge is -2.20. The molecule has 1 aliphatic heterocycles. The van der Waals surface area contributed by atoms with Crippen molar-refractivity contribution in [2.45, 2.75) is 17.9 Å². The molecule has 0 aromatic heterocycles. The highest BCUT2D eigenvalue weighted by Gasteiger charge is 2.25. The lowest BCUT2D eigenvalue weighted by molar-refractivity contribution is -0.118. The van der Waals surface area contributed by atoms with Crippen LogP contribution in [0.15, 0.2) is 21.5 Å². The molecule has 110 valence electrons. The number of anilines is 1. The number of nitrogens with two attached hydrogens (primary N) is 1. The Morgan fingerprint density at radius 3 is 2.90 bits per heavy atom. The Hall–Kier alpha value is -1.16. The summed E-state index contributed by atoms with van der Waals surface area (Å²) < 4.78 is 32.5. The molecule has 0 saturated heterocycles. The van der Waals surface area contributed by atoms with Crippen LogP contribution in [0.4, 0.5) is 5.69 Å². The van der Waals surface area contributed by atoms with E-state index in [4.69, 9.17) is 10.5 Å². The molecule has 0 saturated carbocycles. The molecule has 0 spiro atoms.